The van der Waals surface area contributed by atoms with Crippen LogP contribution in [0.15, 0.2) is 18.6 Å². The van der Waals surface area contributed by atoms with E-state index in [1.165, 1.54) is 6.33 Å². The van der Waals surface area contributed by atoms with Crippen LogP contribution in [0, 0.1) is 0 Å². The van der Waals surface area contributed by atoms with E-state index in [0.717, 1.165) is 0 Å². The summed E-state index contributed by atoms with van der Waals surface area (Å²) >= 11 is 0. The van der Waals surface area contributed by atoms with Crippen molar-refractivity contribution in [2.24, 2.45) is 0 Å². The number of aliphatic hydroxyl groups excluding tert-OH is 3. The van der Waals surface area contributed by atoms with Gasteiger partial charge in [0.1, 0.15) is 36.1 Å². The van der Waals surface area contributed by atoms with Crippen molar-refractivity contribution in [1.29, 1.82) is 0 Å². The van der Waals surface area contributed by atoms with E-state index in [0.29, 0.717) is 16.9 Å². The minimum atomic E-state index is -1.37. The van der Waals surface area contributed by atoms with Gasteiger partial charge >= 0.3 is 0 Å². The summed E-state index contributed by atoms with van der Waals surface area (Å²) in [5.74, 6) is 0.372. The summed E-state index contributed by atoms with van der Waals surface area (Å²) in [6.07, 6.45) is -1.44. The fourth-order valence-corrected chi connectivity index (χ4v) is 2.24. The maximum Gasteiger partial charge on any atom is 0.184 e. The van der Waals surface area contributed by atoms with Gasteiger partial charge in [-0.15, -0.1) is 0 Å². The quantitative estimate of drug-likeness (QED) is 0.518. The molecule has 2 aromatic heterocycles. The molecule has 1 aliphatic heterocycles. The van der Waals surface area contributed by atoms with E-state index in [4.69, 9.17) is 10.5 Å². The van der Waals surface area contributed by atoms with Crippen LogP contribution in [0.4, 0.5) is 5.82 Å². The van der Waals surface area contributed by atoms with Crippen LogP contribution in [0.3, 0.4) is 0 Å². The van der Waals surface area contributed by atoms with Gasteiger partial charge in [-0.1, -0.05) is 0 Å². The maximum atomic E-state index is 9.75. The van der Waals surface area contributed by atoms with Crippen molar-refractivity contribution in [2.45, 2.75) is 31.1 Å². The number of rotatable bonds is 2. The van der Waals surface area contributed by atoms with Gasteiger partial charge in [-0.05, 0) is 6.07 Å². The summed E-state index contributed by atoms with van der Waals surface area (Å²) in [7, 11) is 0. The number of nitrogens with two attached hydrogens (primary N) is 1. The molecule has 0 bridgehead atoms. The lowest BCUT2D eigenvalue weighted by molar-refractivity contribution is -0.128. The Bertz CT molecular complexity index is 601. The van der Waals surface area contributed by atoms with Crippen molar-refractivity contribution in [3.63, 3.8) is 0 Å². The van der Waals surface area contributed by atoms with Gasteiger partial charge in [0.25, 0.3) is 0 Å². The van der Waals surface area contributed by atoms with Crippen LogP contribution < -0.4 is 5.73 Å². The van der Waals surface area contributed by atoms with Crippen LogP contribution in [-0.4, -0.2) is 54.5 Å². The number of ether oxygens (including phenoxy) is 1. The van der Waals surface area contributed by atoms with E-state index in [-0.39, 0.29) is 6.54 Å². The number of anilines is 1. The normalized spacial score (nSPS) is 31.1. The zero-order chi connectivity index (χ0) is 13.6. The molecule has 1 fully saturated rings. The van der Waals surface area contributed by atoms with E-state index in [9.17, 15) is 15.3 Å². The molecule has 0 unspecified atom stereocenters. The first-order valence-corrected chi connectivity index (χ1v) is 5.83. The van der Waals surface area contributed by atoms with Crippen LogP contribution in [0.2, 0.25) is 0 Å². The lowest BCUT2D eigenvalue weighted by Gasteiger charge is -2.15. The Hall–Kier alpha value is -1.74. The molecule has 1 aliphatic rings. The summed E-state index contributed by atoms with van der Waals surface area (Å²) in [6.45, 7) is 0.245. The molecule has 5 N–H and O–H groups in total. The third kappa shape index (κ3) is 1.94. The maximum absolute atomic E-state index is 9.75. The second-order valence-electron chi connectivity index (χ2n) is 4.51. The number of nitrogen functional groups attached to an aromatic ring is 1. The lowest BCUT2D eigenvalue weighted by atomic mass is 10.1. The van der Waals surface area contributed by atoms with Gasteiger partial charge in [-0.3, -0.25) is 0 Å². The van der Waals surface area contributed by atoms with Crippen LogP contribution >= 0.6 is 0 Å². The number of hydrogen-bond acceptors (Lipinski definition) is 7. The molecule has 3 heterocycles. The van der Waals surface area contributed by atoms with Gasteiger partial charge in [-0.25, -0.2) is 9.97 Å². The van der Waals surface area contributed by atoms with Crippen molar-refractivity contribution in [3.8, 4) is 0 Å². The molecule has 4 atom stereocenters. The smallest absolute Gasteiger partial charge is 0.184 e. The molecule has 0 aliphatic carbocycles. The molecule has 8 heteroatoms. The Balaban J connectivity index is 1.88. The summed E-state index contributed by atoms with van der Waals surface area (Å²) in [4.78, 5) is 8.00. The lowest BCUT2D eigenvalue weighted by Crippen LogP contribution is -2.34. The van der Waals surface area contributed by atoms with Crippen molar-refractivity contribution in [2.75, 3.05) is 5.73 Å². The Kier molecular flexibility index (Phi) is 2.86. The first kappa shape index (κ1) is 12.3. The van der Waals surface area contributed by atoms with E-state index in [1.807, 2.05) is 0 Å². The fourth-order valence-electron chi connectivity index (χ4n) is 2.24. The third-order valence-electron chi connectivity index (χ3n) is 3.30. The monoisotopic (exact) mass is 266 g/mol. The van der Waals surface area contributed by atoms with Crippen molar-refractivity contribution < 1.29 is 20.1 Å². The SMILES string of the molecule is Nc1ncnc2c1ccn2C[C@H]1O[C@@H](O)[C@H](O)[C@@H]1O. The highest BCUT2D eigenvalue weighted by Crippen LogP contribution is 2.23. The molecule has 19 heavy (non-hydrogen) atoms. The largest absolute Gasteiger partial charge is 0.387 e. The summed E-state index contributed by atoms with van der Waals surface area (Å²) in [6, 6.07) is 1.76. The molecule has 3 rings (SSSR count). The molecule has 102 valence electrons. The molecule has 0 aromatic carbocycles. The van der Waals surface area contributed by atoms with Gasteiger partial charge in [0.2, 0.25) is 0 Å². The molecule has 8 nitrogen and oxygen atoms in total. The molecule has 2 aromatic rings. The molecular formula is C11H14N4O4. The first-order valence-electron chi connectivity index (χ1n) is 5.83. The highest BCUT2D eigenvalue weighted by Gasteiger charge is 2.41. The highest BCUT2D eigenvalue weighted by molar-refractivity contribution is 5.85. The van der Waals surface area contributed by atoms with Crippen LogP contribution in [0.1, 0.15) is 0 Å². The fraction of sp³-hybridized carbons (Fsp3) is 0.455. The van der Waals surface area contributed by atoms with E-state index in [2.05, 4.69) is 9.97 Å². The van der Waals surface area contributed by atoms with Crippen LogP contribution in [-0.2, 0) is 11.3 Å². The predicted octanol–water partition coefficient (Wildman–Crippen LogP) is -1.55. The zero-order valence-electron chi connectivity index (χ0n) is 9.92. The molecule has 0 amide bonds. The van der Waals surface area contributed by atoms with Gasteiger partial charge in [-0.2, -0.15) is 0 Å². The second kappa shape index (κ2) is 4.42. The number of aliphatic hydroxyl groups is 3. The Morgan fingerprint density at radius 3 is 2.74 bits per heavy atom. The molecule has 0 radical (unpaired) electrons. The zero-order valence-corrected chi connectivity index (χ0v) is 9.92. The van der Waals surface area contributed by atoms with Gasteiger partial charge in [0, 0.05) is 6.20 Å². The van der Waals surface area contributed by atoms with Crippen LogP contribution in [0.5, 0.6) is 0 Å². The van der Waals surface area contributed by atoms with E-state index in [1.54, 1.807) is 16.8 Å². The number of nitrogens with zero attached hydrogens (tertiary/aromatic N) is 3. The average molecular weight is 266 g/mol. The van der Waals surface area contributed by atoms with Crippen LogP contribution in [0.25, 0.3) is 11.0 Å². The minimum absolute atomic E-state index is 0.245. The minimum Gasteiger partial charge on any atom is -0.387 e. The van der Waals surface area contributed by atoms with E-state index < -0.39 is 24.6 Å². The van der Waals surface area contributed by atoms with Gasteiger partial charge in [0.15, 0.2) is 6.29 Å². The molecule has 0 spiro atoms. The second-order valence-corrected chi connectivity index (χ2v) is 4.51. The standard InChI is InChI=1S/C11H14N4O4/c12-9-5-1-2-15(10(5)14-4-13-9)3-6-7(16)8(17)11(18)19-6/h1-2,4,6-8,11,16-18H,3H2,(H2,12,13,14)/t6-,7-,8-,11-/m1/s1. The summed E-state index contributed by atoms with van der Waals surface area (Å²) < 4.78 is 6.83. The predicted molar refractivity (Wildman–Crippen MR) is 64.8 cm³/mol. The van der Waals surface area contributed by atoms with Crippen molar-refractivity contribution >= 4 is 16.9 Å². The van der Waals surface area contributed by atoms with E-state index >= 15 is 0 Å². The number of hydrogen-bond donors (Lipinski definition) is 4. The third-order valence-corrected chi connectivity index (χ3v) is 3.30. The number of aromatic nitrogens is 3. The molecule has 0 saturated carbocycles. The topological polar surface area (TPSA) is 127 Å². The van der Waals surface area contributed by atoms with Gasteiger partial charge < -0.3 is 30.4 Å². The van der Waals surface area contributed by atoms with Gasteiger partial charge in [0.05, 0.1) is 11.9 Å². The average Bonchev–Trinajstić information content (AvgIpc) is 2.90. The summed E-state index contributed by atoms with van der Waals surface area (Å²) in [5.41, 5.74) is 6.33. The Morgan fingerprint density at radius 2 is 2.05 bits per heavy atom. The van der Waals surface area contributed by atoms with Crippen molar-refractivity contribution in [1.82, 2.24) is 14.5 Å². The Labute approximate surface area is 108 Å². The molecule has 1 saturated heterocycles. The highest BCUT2D eigenvalue weighted by atomic mass is 16.6. The first-order chi connectivity index (χ1) is 9.08. The Morgan fingerprint density at radius 1 is 1.26 bits per heavy atom. The number of fused-ring (bicyclic) bond motifs is 1. The molecular weight excluding hydrogens is 252 g/mol. The summed E-state index contributed by atoms with van der Waals surface area (Å²) in [5, 5.41) is 29.2. The van der Waals surface area contributed by atoms with Crippen molar-refractivity contribution in [3.05, 3.63) is 18.6 Å².